The first-order valence-electron chi connectivity index (χ1n) is 6.61. The van der Waals surface area contributed by atoms with Gasteiger partial charge >= 0.3 is 5.97 Å². The third kappa shape index (κ3) is 4.16. The molecule has 2 aromatic carbocycles. The van der Waals surface area contributed by atoms with Gasteiger partial charge in [-0.1, -0.05) is 35.9 Å². The molecule has 116 valence electrons. The lowest BCUT2D eigenvalue weighted by molar-refractivity contribution is -0.131. The summed E-state index contributed by atoms with van der Waals surface area (Å²) in [7, 11) is -3.86. The van der Waals surface area contributed by atoms with Crippen molar-refractivity contribution in [1.29, 1.82) is 0 Å². The Balaban J connectivity index is 2.15. The molecule has 0 N–H and O–H groups in total. The number of hydrogen-bond acceptors (Lipinski definition) is 5. The summed E-state index contributed by atoms with van der Waals surface area (Å²) < 4.78 is 34.3. The smallest absolute Gasteiger partial charge is 0.308 e. The molecule has 5 nitrogen and oxygen atoms in total. The van der Waals surface area contributed by atoms with E-state index in [0.717, 1.165) is 5.56 Å². The molecule has 0 bridgehead atoms. The lowest BCUT2D eigenvalue weighted by atomic mass is 10.2. The van der Waals surface area contributed by atoms with E-state index in [0.29, 0.717) is 5.56 Å². The zero-order valence-electron chi connectivity index (χ0n) is 12.3. The van der Waals surface area contributed by atoms with Gasteiger partial charge in [-0.25, -0.2) is 0 Å². The van der Waals surface area contributed by atoms with Crippen LogP contribution in [0.1, 0.15) is 18.1 Å². The molecule has 0 unspecified atom stereocenters. The molecule has 0 fully saturated rings. The van der Waals surface area contributed by atoms with Crippen LogP contribution in [0.3, 0.4) is 0 Å². The van der Waals surface area contributed by atoms with E-state index < -0.39 is 16.1 Å². The largest absolute Gasteiger partial charge is 0.426 e. The van der Waals surface area contributed by atoms with Crippen molar-refractivity contribution in [2.75, 3.05) is 0 Å². The summed E-state index contributed by atoms with van der Waals surface area (Å²) in [6.45, 7) is 2.94. The summed E-state index contributed by atoms with van der Waals surface area (Å²) in [6, 6.07) is 13.0. The molecule has 0 atom stereocenters. The first-order valence-corrected chi connectivity index (χ1v) is 8.02. The highest BCUT2D eigenvalue weighted by molar-refractivity contribution is 7.86. The molecule has 0 aliphatic heterocycles. The Bertz CT molecular complexity index is 763. The molecular formula is C16H16O5S. The summed E-state index contributed by atoms with van der Waals surface area (Å²) in [5.74, 6) is -0.192. The van der Waals surface area contributed by atoms with Crippen LogP contribution in [-0.2, 0) is 25.7 Å². The normalized spacial score (nSPS) is 11.2. The Morgan fingerprint density at radius 2 is 1.68 bits per heavy atom. The van der Waals surface area contributed by atoms with Crippen LogP contribution in [0.25, 0.3) is 0 Å². The maximum Gasteiger partial charge on any atom is 0.308 e. The van der Waals surface area contributed by atoms with Gasteiger partial charge < -0.3 is 4.74 Å². The molecule has 0 spiro atoms. The molecule has 22 heavy (non-hydrogen) atoms. The van der Waals surface area contributed by atoms with Gasteiger partial charge in [-0.05, 0) is 25.1 Å². The van der Waals surface area contributed by atoms with E-state index in [1.165, 1.54) is 19.1 Å². The molecule has 0 saturated carbocycles. The van der Waals surface area contributed by atoms with Gasteiger partial charge in [0.1, 0.15) is 5.75 Å². The van der Waals surface area contributed by atoms with Gasteiger partial charge in [-0.2, -0.15) is 8.42 Å². The van der Waals surface area contributed by atoms with Crippen molar-refractivity contribution in [3.63, 3.8) is 0 Å². The van der Waals surface area contributed by atoms with Gasteiger partial charge in [-0.3, -0.25) is 8.98 Å². The number of hydrogen-bond donors (Lipinski definition) is 0. The number of para-hydroxylation sites is 1. The Morgan fingerprint density at radius 3 is 2.32 bits per heavy atom. The minimum Gasteiger partial charge on any atom is -0.426 e. The lowest BCUT2D eigenvalue weighted by Gasteiger charge is -2.10. The molecule has 2 rings (SSSR count). The van der Waals surface area contributed by atoms with Crippen molar-refractivity contribution < 1.29 is 22.1 Å². The van der Waals surface area contributed by atoms with Crippen LogP contribution >= 0.6 is 0 Å². The monoisotopic (exact) mass is 320 g/mol. The van der Waals surface area contributed by atoms with Crippen molar-refractivity contribution in [3.8, 4) is 5.75 Å². The highest BCUT2D eigenvalue weighted by Crippen LogP contribution is 2.22. The van der Waals surface area contributed by atoms with Crippen molar-refractivity contribution >= 4 is 16.1 Å². The van der Waals surface area contributed by atoms with E-state index in [9.17, 15) is 13.2 Å². The average Bonchev–Trinajstić information content (AvgIpc) is 2.46. The molecule has 6 heteroatoms. The van der Waals surface area contributed by atoms with Crippen molar-refractivity contribution in [2.24, 2.45) is 0 Å². The van der Waals surface area contributed by atoms with Gasteiger partial charge in [0.05, 0.1) is 11.5 Å². The van der Waals surface area contributed by atoms with Crippen molar-refractivity contribution in [3.05, 3.63) is 59.7 Å². The van der Waals surface area contributed by atoms with Crippen LogP contribution in [0.2, 0.25) is 0 Å². The van der Waals surface area contributed by atoms with Crippen LogP contribution in [0, 0.1) is 6.92 Å². The summed E-state index contributed by atoms with van der Waals surface area (Å²) in [5, 5.41) is 0. The fourth-order valence-corrected chi connectivity index (χ4v) is 2.68. The summed E-state index contributed by atoms with van der Waals surface area (Å²) in [4.78, 5) is 11.1. The first-order chi connectivity index (χ1) is 10.4. The average molecular weight is 320 g/mol. The number of ether oxygens (including phenoxy) is 1. The summed E-state index contributed by atoms with van der Waals surface area (Å²) >= 11 is 0. The number of benzene rings is 2. The van der Waals surface area contributed by atoms with Gasteiger partial charge in [-0.15, -0.1) is 0 Å². The highest BCUT2D eigenvalue weighted by Gasteiger charge is 2.16. The second-order valence-corrected chi connectivity index (χ2v) is 6.35. The van der Waals surface area contributed by atoms with E-state index in [4.69, 9.17) is 8.92 Å². The summed E-state index contributed by atoms with van der Waals surface area (Å²) in [6.07, 6.45) is 0. The van der Waals surface area contributed by atoms with E-state index in [1.54, 1.807) is 36.4 Å². The maximum atomic E-state index is 12.1. The molecule has 0 aliphatic rings. The van der Waals surface area contributed by atoms with Gasteiger partial charge in [0.25, 0.3) is 10.1 Å². The SMILES string of the molecule is CC(=O)Oc1ccccc1COS(=O)(=O)c1ccc(C)cc1. The first kappa shape index (κ1) is 16.2. The predicted octanol–water partition coefficient (Wildman–Crippen LogP) is 2.83. The van der Waals surface area contributed by atoms with Crippen LogP contribution in [0.5, 0.6) is 5.75 Å². The minimum atomic E-state index is -3.86. The fraction of sp³-hybridized carbons (Fsp3) is 0.188. The molecule has 2 aromatic rings. The minimum absolute atomic E-state index is 0.0862. The molecule has 0 saturated heterocycles. The highest BCUT2D eigenvalue weighted by atomic mass is 32.2. The predicted molar refractivity (Wildman–Crippen MR) is 80.9 cm³/mol. The zero-order chi connectivity index (χ0) is 16.2. The van der Waals surface area contributed by atoms with Gasteiger partial charge in [0.15, 0.2) is 0 Å². The maximum absolute atomic E-state index is 12.1. The number of carbonyl (C=O) groups is 1. The molecular weight excluding hydrogens is 304 g/mol. The van der Waals surface area contributed by atoms with Gasteiger partial charge in [0.2, 0.25) is 0 Å². The standard InChI is InChI=1S/C16H16O5S/c1-12-7-9-15(10-8-12)22(18,19)20-11-14-5-3-4-6-16(14)21-13(2)17/h3-10H,11H2,1-2H3. The van der Waals surface area contributed by atoms with Crippen molar-refractivity contribution in [2.45, 2.75) is 25.3 Å². The topological polar surface area (TPSA) is 69.7 Å². The molecule has 0 heterocycles. The van der Waals surface area contributed by atoms with Crippen LogP contribution < -0.4 is 4.74 Å². The van der Waals surface area contributed by atoms with Crippen LogP contribution in [0.4, 0.5) is 0 Å². The lowest BCUT2D eigenvalue weighted by Crippen LogP contribution is -2.09. The number of aryl methyl sites for hydroxylation is 1. The number of esters is 1. The third-order valence-corrected chi connectivity index (χ3v) is 4.18. The molecule has 0 amide bonds. The molecule has 0 radical (unpaired) electrons. The Hall–Kier alpha value is -2.18. The van der Waals surface area contributed by atoms with Crippen LogP contribution in [-0.4, -0.2) is 14.4 Å². The Kier molecular flexibility index (Phi) is 4.95. The van der Waals surface area contributed by atoms with E-state index in [-0.39, 0.29) is 17.3 Å². The fourth-order valence-electron chi connectivity index (χ4n) is 1.79. The van der Waals surface area contributed by atoms with E-state index >= 15 is 0 Å². The number of carbonyl (C=O) groups excluding carboxylic acids is 1. The second-order valence-electron chi connectivity index (χ2n) is 4.73. The Labute approximate surface area is 129 Å². The molecule has 0 aromatic heterocycles. The second kappa shape index (κ2) is 6.72. The van der Waals surface area contributed by atoms with Crippen LogP contribution in [0.15, 0.2) is 53.4 Å². The van der Waals surface area contributed by atoms with E-state index in [2.05, 4.69) is 0 Å². The van der Waals surface area contributed by atoms with Gasteiger partial charge in [0, 0.05) is 12.5 Å². The zero-order valence-corrected chi connectivity index (χ0v) is 13.1. The van der Waals surface area contributed by atoms with E-state index in [1.807, 2.05) is 6.92 Å². The quantitative estimate of drug-likeness (QED) is 0.481. The van der Waals surface area contributed by atoms with Crippen molar-refractivity contribution in [1.82, 2.24) is 0 Å². The third-order valence-electron chi connectivity index (χ3n) is 2.91. The number of rotatable bonds is 5. The summed E-state index contributed by atoms with van der Waals surface area (Å²) in [5.41, 5.74) is 1.44. The molecule has 0 aliphatic carbocycles. The Morgan fingerprint density at radius 1 is 1.05 bits per heavy atom.